The molecule has 1 aliphatic rings. The van der Waals surface area contributed by atoms with Gasteiger partial charge in [-0.05, 0) is 64.8 Å². The second kappa shape index (κ2) is 17.4. The first-order chi connectivity index (χ1) is 20.3. The van der Waals surface area contributed by atoms with Crippen LogP contribution >= 0.6 is 0 Å². The van der Waals surface area contributed by atoms with Crippen LogP contribution in [0.1, 0.15) is 119 Å². The molecule has 4 unspecified atom stereocenters. The van der Waals surface area contributed by atoms with E-state index < -0.39 is 0 Å². The Morgan fingerprint density at radius 1 is 0.524 bits per heavy atom. The molecule has 6 nitrogen and oxygen atoms in total. The van der Waals surface area contributed by atoms with Gasteiger partial charge in [-0.1, -0.05) is 78.1 Å². The fourth-order valence-electron chi connectivity index (χ4n) is 6.34. The predicted octanol–water partition coefficient (Wildman–Crippen LogP) is 9.46. The molecule has 0 aliphatic carbocycles. The Balaban J connectivity index is 1.74. The van der Waals surface area contributed by atoms with Gasteiger partial charge in [-0.25, -0.2) is 0 Å². The van der Waals surface area contributed by atoms with Gasteiger partial charge >= 0.3 is 0 Å². The SMILES string of the molecule is CCCCCCCCOc1cc(O)ccc1N1C(C)C(C)N(c2ccc(O)cc2OCCCCCCCC)C(C)C1C. The van der Waals surface area contributed by atoms with Crippen molar-refractivity contribution in [1.82, 2.24) is 0 Å². The van der Waals surface area contributed by atoms with Gasteiger partial charge in [-0.15, -0.1) is 0 Å². The van der Waals surface area contributed by atoms with Crippen LogP contribution in [0, 0.1) is 0 Å². The molecule has 0 radical (unpaired) electrons. The van der Waals surface area contributed by atoms with Gasteiger partial charge in [0.25, 0.3) is 0 Å². The summed E-state index contributed by atoms with van der Waals surface area (Å²) < 4.78 is 12.6. The molecule has 2 aromatic rings. The maximum absolute atomic E-state index is 10.3. The maximum atomic E-state index is 10.3. The van der Waals surface area contributed by atoms with E-state index in [0.717, 1.165) is 35.7 Å². The average molecular weight is 583 g/mol. The Morgan fingerprint density at radius 2 is 0.857 bits per heavy atom. The topological polar surface area (TPSA) is 65.4 Å². The summed E-state index contributed by atoms with van der Waals surface area (Å²) in [5.74, 6) is 1.96. The van der Waals surface area contributed by atoms with Crippen LogP contribution in [-0.4, -0.2) is 47.6 Å². The molecule has 42 heavy (non-hydrogen) atoms. The summed E-state index contributed by atoms with van der Waals surface area (Å²) in [7, 11) is 0. The lowest BCUT2D eigenvalue weighted by atomic mass is 9.92. The van der Waals surface area contributed by atoms with Crippen LogP contribution in [0.5, 0.6) is 23.0 Å². The lowest BCUT2D eigenvalue weighted by molar-refractivity contribution is 0.290. The number of hydrogen-bond donors (Lipinski definition) is 2. The summed E-state index contributed by atoms with van der Waals surface area (Å²) in [4.78, 5) is 4.91. The average Bonchev–Trinajstić information content (AvgIpc) is 2.97. The number of anilines is 2. The standard InChI is InChI=1S/C36H58N2O4/c1-7-9-11-13-15-17-23-41-35-25-31(39)19-21-33(35)37-27(3)29(5)38(30(6)28(37)4)34-22-20-32(40)26-36(34)42-24-18-16-14-12-10-8-2/h19-22,25-30,39-40H,7-18,23-24H2,1-6H3. The third-order valence-corrected chi connectivity index (χ3v) is 9.11. The highest BCUT2D eigenvalue weighted by Gasteiger charge is 2.42. The molecule has 0 spiro atoms. The van der Waals surface area contributed by atoms with Gasteiger partial charge in [0.15, 0.2) is 0 Å². The lowest BCUT2D eigenvalue weighted by Gasteiger charge is -2.55. The quantitative estimate of drug-likeness (QED) is 0.171. The number of phenols is 2. The molecule has 1 fully saturated rings. The van der Waals surface area contributed by atoms with E-state index in [9.17, 15) is 10.2 Å². The first-order valence-electron chi connectivity index (χ1n) is 16.8. The fraction of sp³-hybridized carbons (Fsp3) is 0.667. The van der Waals surface area contributed by atoms with Crippen LogP contribution in [0.3, 0.4) is 0 Å². The van der Waals surface area contributed by atoms with Crippen molar-refractivity contribution in [3.05, 3.63) is 36.4 Å². The fourth-order valence-corrected chi connectivity index (χ4v) is 6.34. The number of phenolic OH excluding ortho intramolecular Hbond substituents is 2. The van der Waals surface area contributed by atoms with Gasteiger partial charge in [0.1, 0.15) is 23.0 Å². The van der Waals surface area contributed by atoms with E-state index in [4.69, 9.17) is 9.47 Å². The molecule has 2 aromatic carbocycles. The van der Waals surface area contributed by atoms with Crippen molar-refractivity contribution in [1.29, 1.82) is 0 Å². The minimum absolute atomic E-state index is 0.164. The van der Waals surface area contributed by atoms with E-state index in [0.29, 0.717) is 13.2 Å². The van der Waals surface area contributed by atoms with Crippen LogP contribution in [0.15, 0.2) is 36.4 Å². The number of rotatable bonds is 18. The summed E-state index contributed by atoms with van der Waals surface area (Å²) in [5, 5.41) is 20.6. The lowest BCUT2D eigenvalue weighted by Crippen LogP contribution is -2.66. The maximum Gasteiger partial charge on any atom is 0.146 e. The van der Waals surface area contributed by atoms with Crippen LogP contribution < -0.4 is 19.3 Å². The zero-order valence-electron chi connectivity index (χ0n) is 27.3. The van der Waals surface area contributed by atoms with Crippen molar-refractivity contribution < 1.29 is 19.7 Å². The highest BCUT2D eigenvalue weighted by atomic mass is 16.5. The van der Waals surface area contributed by atoms with Crippen molar-refractivity contribution in [2.24, 2.45) is 0 Å². The van der Waals surface area contributed by atoms with E-state index in [2.05, 4.69) is 51.3 Å². The number of nitrogens with zero attached hydrogens (tertiary/aromatic N) is 2. The minimum atomic E-state index is 0.164. The molecular formula is C36H58N2O4. The van der Waals surface area contributed by atoms with Crippen molar-refractivity contribution >= 4 is 11.4 Å². The molecule has 0 aromatic heterocycles. The molecule has 0 bridgehead atoms. The Labute approximate surface area is 256 Å². The summed E-state index contributed by atoms with van der Waals surface area (Å²) in [6, 6.07) is 11.7. The number of unbranched alkanes of at least 4 members (excludes halogenated alkanes) is 10. The molecule has 6 heteroatoms. The summed E-state index contributed by atoms with van der Waals surface area (Å²) in [6.07, 6.45) is 14.6. The molecule has 1 heterocycles. The van der Waals surface area contributed by atoms with Gasteiger partial charge < -0.3 is 29.5 Å². The van der Waals surface area contributed by atoms with E-state index in [1.807, 2.05) is 12.1 Å². The Hall–Kier alpha value is -2.76. The molecule has 0 amide bonds. The zero-order chi connectivity index (χ0) is 30.5. The second-order valence-electron chi connectivity index (χ2n) is 12.3. The van der Waals surface area contributed by atoms with E-state index in [1.54, 1.807) is 24.3 Å². The van der Waals surface area contributed by atoms with Crippen molar-refractivity contribution in [3.63, 3.8) is 0 Å². The van der Waals surface area contributed by atoms with E-state index in [-0.39, 0.29) is 35.7 Å². The monoisotopic (exact) mass is 582 g/mol. The van der Waals surface area contributed by atoms with Gasteiger partial charge in [0, 0.05) is 36.3 Å². The summed E-state index contributed by atoms with van der Waals surface area (Å²) in [6.45, 7) is 14.9. The Morgan fingerprint density at radius 3 is 1.21 bits per heavy atom. The largest absolute Gasteiger partial charge is 0.508 e. The molecular weight excluding hydrogens is 524 g/mol. The molecule has 0 saturated carbocycles. The number of piperazine rings is 1. The molecule has 3 rings (SSSR count). The summed E-state index contributed by atoms with van der Waals surface area (Å²) >= 11 is 0. The van der Waals surface area contributed by atoms with Gasteiger partial charge in [0.2, 0.25) is 0 Å². The zero-order valence-corrected chi connectivity index (χ0v) is 27.3. The van der Waals surface area contributed by atoms with Gasteiger partial charge in [0.05, 0.1) is 24.6 Å². The van der Waals surface area contributed by atoms with Gasteiger partial charge in [-0.3, -0.25) is 0 Å². The highest BCUT2D eigenvalue weighted by Crippen LogP contribution is 2.43. The Kier molecular flexibility index (Phi) is 14.0. The normalized spacial score (nSPS) is 20.6. The van der Waals surface area contributed by atoms with E-state index >= 15 is 0 Å². The van der Waals surface area contributed by atoms with Crippen LogP contribution in [0.25, 0.3) is 0 Å². The predicted molar refractivity (Wildman–Crippen MR) is 177 cm³/mol. The molecule has 2 N–H and O–H groups in total. The molecule has 236 valence electrons. The third kappa shape index (κ3) is 9.12. The van der Waals surface area contributed by atoms with Gasteiger partial charge in [-0.2, -0.15) is 0 Å². The Bertz CT molecular complexity index is 961. The first-order valence-corrected chi connectivity index (χ1v) is 16.8. The number of aromatic hydroxyl groups is 2. The van der Waals surface area contributed by atoms with Crippen LogP contribution in [0.2, 0.25) is 0 Å². The molecule has 4 atom stereocenters. The first kappa shape index (κ1) is 33.7. The second-order valence-corrected chi connectivity index (χ2v) is 12.3. The van der Waals surface area contributed by atoms with E-state index in [1.165, 1.54) is 64.2 Å². The van der Waals surface area contributed by atoms with Crippen LogP contribution in [-0.2, 0) is 0 Å². The van der Waals surface area contributed by atoms with Crippen LogP contribution in [0.4, 0.5) is 11.4 Å². The smallest absolute Gasteiger partial charge is 0.146 e. The molecule has 1 saturated heterocycles. The number of hydrogen-bond acceptors (Lipinski definition) is 6. The number of ether oxygens (including phenoxy) is 2. The summed E-state index contributed by atoms with van der Waals surface area (Å²) in [5.41, 5.74) is 2.06. The molecule has 1 aliphatic heterocycles. The highest BCUT2D eigenvalue weighted by molar-refractivity contribution is 5.67. The van der Waals surface area contributed by atoms with Crippen molar-refractivity contribution in [3.8, 4) is 23.0 Å². The van der Waals surface area contributed by atoms with Crippen molar-refractivity contribution in [2.75, 3.05) is 23.0 Å². The third-order valence-electron chi connectivity index (χ3n) is 9.11. The van der Waals surface area contributed by atoms with Crippen molar-refractivity contribution in [2.45, 2.75) is 143 Å². The minimum Gasteiger partial charge on any atom is -0.508 e. The number of benzene rings is 2.